The summed E-state index contributed by atoms with van der Waals surface area (Å²) in [6.07, 6.45) is 1.82. The van der Waals surface area contributed by atoms with E-state index in [1.807, 2.05) is 6.55 Å². The van der Waals surface area contributed by atoms with Gasteiger partial charge in [0.1, 0.15) is 0 Å². The summed E-state index contributed by atoms with van der Waals surface area (Å²) < 4.78 is 16.5. The van der Waals surface area contributed by atoms with Gasteiger partial charge in [-0.05, 0) is 50.4 Å². The van der Waals surface area contributed by atoms with E-state index in [0.717, 1.165) is 12.5 Å². The Labute approximate surface area is 182 Å². The Morgan fingerprint density at radius 3 is 1.80 bits per heavy atom. The van der Waals surface area contributed by atoms with E-state index in [9.17, 15) is 4.79 Å². The molecule has 30 heavy (non-hydrogen) atoms. The number of aryl methyl sites for hydroxylation is 2. The quantitative estimate of drug-likeness (QED) is 0.262. The van der Waals surface area contributed by atoms with Crippen LogP contribution in [0.25, 0.3) is 0 Å². The molecule has 0 atom stereocenters. The van der Waals surface area contributed by atoms with Crippen LogP contribution in [0.15, 0.2) is 48.5 Å². The minimum Gasteiger partial charge on any atom is -0.466 e. The minimum atomic E-state index is -2.11. The molecule has 2 aromatic carbocycles. The molecule has 2 rings (SSSR count). The summed E-state index contributed by atoms with van der Waals surface area (Å²) in [5, 5.41) is 0. The fourth-order valence-corrected chi connectivity index (χ4v) is 4.95. The third-order valence-electron chi connectivity index (χ3n) is 6.11. The van der Waals surface area contributed by atoms with Crippen molar-refractivity contribution in [3.8, 4) is 0 Å². The van der Waals surface area contributed by atoms with Crippen molar-refractivity contribution in [1.29, 1.82) is 0 Å². The van der Waals surface area contributed by atoms with Gasteiger partial charge in [-0.1, -0.05) is 66.6 Å². The van der Waals surface area contributed by atoms with Gasteiger partial charge in [0.25, 0.3) is 0 Å². The van der Waals surface area contributed by atoms with E-state index in [1.165, 1.54) is 22.3 Å². The Kier molecular flexibility index (Phi) is 8.83. The van der Waals surface area contributed by atoms with Crippen molar-refractivity contribution >= 4 is 14.5 Å². The van der Waals surface area contributed by atoms with Gasteiger partial charge < -0.3 is 13.6 Å². The Morgan fingerprint density at radius 2 is 1.37 bits per heavy atom. The summed E-state index contributed by atoms with van der Waals surface area (Å²) in [5.74, 6) is -0.154. The lowest BCUT2D eigenvalue weighted by atomic mass is 9.72. The first-order chi connectivity index (χ1) is 14.2. The SMILES string of the molecule is CO[Si](C)(CCCOC(=O)CCC(C)(c1ccc(C)cc1)c1ccc(C)cc1)OC. The molecule has 0 fully saturated rings. The third-order valence-corrected chi connectivity index (χ3v) is 9.10. The maximum atomic E-state index is 12.5. The van der Waals surface area contributed by atoms with E-state index in [0.29, 0.717) is 19.4 Å². The van der Waals surface area contributed by atoms with Crippen LogP contribution in [0.5, 0.6) is 0 Å². The van der Waals surface area contributed by atoms with Crippen molar-refractivity contribution in [2.75, 3.05) is 20.8 Å². The predicted octanol–water partition coefficient (Wildman–Crippen LogP) is 5.69. The summed E-state index contributed by atoms with van der Waals surface area (Å²) in [4.78, 5) is 12.5. The first-order valence-electron chi connectivity index (χ1n) is 10.6. The second-order valence-corrected chi connectivity index (χ2v) is 12.0. The molecule has 4 nitrogen and oxygen atoms in total. The number of benzene rings is 2. The zero-order valence-electron chi connectivity index (χ0n) is 19.3. The normalized spacial score (nSPS) is 12.1. The number of ether oxygens (including phenoxy) is 1. The van der Waals surface area contributed by atoms with Crippen molar-refractivity contribution < 1.29 is 18.4 Å². The first kappa shape index (κ1) is 24.3. The molecule has 0 aliphatic rings. The van der Waals surface area contributed by atoms with Gasteiger partial charge in [-0.15, -0.1) is 0 Å². The summed E-state index contributed by atoms with van der Waals surface area (Å²) in [6, 6.07) is 18.0. The lowest BCUT2D eigenvalue weighted by Crippen LogP contribution is -2.36. The standard InChI is InChI=1S/C25H36O4Si/c1-20-8-12-22(13-9-20)25(3,23-14-10-21(2)11-15-23)17-16-24(26)29-18-7-19-30(6,27-4)28-5/h8-15H,7,16-19H2,1-6H3. The second-order valence-electron chi connectivity index (χ2n) is 8.43. The molecule has 0 aromatic heterocycles. The zero-order chi connectivity index (χ0) is 22.2. The third kappa shape index (κ3) is 6.52. The van der Waals surface area contributed by atoms with Crippen LogP contribution in [0.1, 0.15) is 48.4 Å². The van der Waals surface area contributed by atoms with Crippen LogP contribution in [0.3, 0.4) is 0 Å². The van der Waals surface area contributed by atoms with Crippen LogP contribution in [0, 0.1) is 13.8 Å². The van der Waals surface area contributed by atoms with Gasteiger partial charge in [0.05, 0.1) is 6.61 Å². The minimum absolute atomic E-state index is 0.154. The Morgan fingerprint density at radius 1 is 0.900 bits per heavy atom. The first-order valence-corrected chi connectivity index (χ1v) is 13.1. The fraction of sp³-hybridized carbons (Fsp3) is 0.480. The summed E-state index contributed by atoms with van der Waals surface area (Å²) in [6.45, 7) is 8.81. The highest BCUT2D eigenvalue weighted by molar-refractivity contribution is 6.65. The van der Waals surface area contributed by atoms with Crippen LogP contribution in [-0.2, 0) is 23.8 Å². The van der Waals surface area contributed by atoms with E-state index in [2.05, 4.69) is 69.3 Å². The fourth-order valence-electron chi connectivity index (χ4n) is 3.59. The number of esters is 1. The molecule has 164 valence electrons. The van der Waals surface area contributed by atoms with Crippen molar-refractivity contribution in [3.05, 3.63) is 70.8 Å². The molecule has 2 aromatic rings. The average Bonchev–Trinajstić information content (AvgIpc) is 2.76. The lowest BCUT2D eigenvalue weighted by molar-refractivity contribution is -0.144. The van der Waals surface area contributed by atoms with Gasteiger partial charge in [-0.3, -0.25) is 4.79 Å². The summed E-state index contributed by atoms with van der Waals surface area (Å²) >= 11 is 0. The molecule has 0 heterocycles. The molecule has 0 spiro atoms. The van der Waals surface area contributed by atoms with Crippen molar-refractivity contribution in [2.24, 2.45) is 0 Å². The Bertz CT molecular complexity index is 749. The highest BCUT2D eigenvalue weighted by atomic mass is 28.4. The Balaban J connectivity index is 2.02. The summed E-state index contributed by atoms with van der Waals surface area (Å²) in [5.41, 5.74) is 4.63. The largest absolute Gasteiger partial charge is 0.466 e. The molecule has 0 amide bonds. The predicted molar refractivity (Wildman–Crippen MR) is 124 cm³/mol. The molecular weight excluding hydrogens is 392 g/mol. The maximum absolute atomic E-state index is 12.5. The highest BCUT2D eigenvalue weighted by Gasteiger charge is 2.30. The van der Waals surface area contributed by atoms with Gasteiger partial charge in [-0.2, -0.15) is 0 Å². The van der Waals surface area contributed by atoms with Crippen LogP contribution < -0.4 is 0 Å². The van der Waals surface area contributed by atoms with Gasteiger partial charge in [-0.25, -0.2) is 0 Å². The number of carbonyl (C=O) groups excluding carboxylic acids is 1. The van der Waals surface area contributed by atoms with E-state index in [1.54, 1.807) is 14.2 Å². The monoisotopic (exact) mass is 428 g/mol. The maximum Gasteiger partial charge on any atom is 0.334 e. The number of hydrogen-bond acceptors (Lipinski definition) is 4. The lowest BCUT2D eigenvalue weighted by Gasteiger charge is -2.31. The van der Waals surface area contributed by atoms with Crippen molar-refractivity contribution in [2.45, 2.75) is 58.0 Å². The van der Waals surface area contributed by atoms with Crippen LogP contribution >= 0.6 is 0 Å². The molecule has 0 aliphatic carbocycles. The van der Waals surface area contributed by atoms with Gasteiger partial charge in [0.2, 0.25) is 0 Å². The molecular formula is C25H36O4Si. The highest BCUT2D eigenvalue weighted by Crippen LogP contribution is 2.37. The molecule has 0 N–H and O–H groups in total. The topological polar surface area (TPSA) is 44.8 Å². The summed E-state index contributed by atoms with van der Waals surface area (Å²) in [7, 11) is 1.25. The number of carbonyl (C=O) groups is 1. The average molecular weight is 429 g/mol. The van der Waals surface area contributed by atoms with Crippen LogP contribution in [0.2, 0.25) is 12.6 Å². The van der Waals surface area contributed by atoms with Gasteiger partial charge >= 0.3 is 14.5 Å². The van der Waals surface area contributed by atoms with E-state index >= 15 is 0 Å². The van der Waals surface area contributed by atoms with Crippen LogP contribution in [0.4, 0.5) is 0 Å². The molecule has 0 unspecified atom stereocenters. The Hall–Kier alpha value is -1.95. The zero-order valence-corrected chi connectivity index (χ0v) is 20.3. The molecule has 0 saturated heterocycles. The van der Waals surface area contributed by atoms with Gasteiger partial charge in [0, 0.05) is 26.1 Å². The molecule has 0 aliphatic heterocycles. The van der Waals surface area contributed by atoms with E-state index in [4.69, 9.17) is 13.6 Å². The smallest absolute Gasteiger partial charge is 0.334 e. The van der Waals surface area contributed by atoms with E-state index in [-0.39, 0.29) is 11.4 Å². The second kappa shape index (κ2) is 10.9. The molecule has 5 heteroatoms. The molecule has 0 bridgehead atoms. The number of hydrogen-bond donors (Lipinski definition) is 0. The van der Waals surface area contributed by atoms with Gasteiger partial charge in [0.15, 0.2) is 0 Å². The van der Waals surface area contributed by atoms with Crippen LogP contribution in [-0.4, -0.2) is 35.4 Å². The molecule has 0 saturated carbocycles. The van der Waals surface area contributed by atoms with Crippen molar-refractivity contribution in [3.63, 3.8) is 0 Å². The number of rotatable bonds is 11. The molecule has 0 radical (unpaired) electrons. The van der Waals surface area contributed by atoms with E-state index < -0.39 is 8.56 Å². The van der Waals surface area contributed by atoms with Crippen molar-refractivity contribution in [1.82, 2.24) is 0 Å².